The predicted molar refractivity (Wildman–Crippen MR) is 80.6 cm³/mol. The first-order chi connectivity index (χ1) is 9.10. The fourth-order valence-corrected chi connectivity index (χ4v) is 2.92. The van der Waals surface area contributed by atoms with E-state index in [2.05, 4.69) is 42.3 Å². The quantitative estimate of drug-likeness (QED) is 0.907. The van der Waals surface area contributed by atoms with Crippen molar-refractivity contribution in [2.24, 2.45) is 7.05 Å². The highest BCUT2D eigenvalue weighted by atomic mass is 15.3. The average molecular weight is 264 g/mol. The van der Waals surface area contributed by atoms with Crippen molar-refractivity contribution < 1.29 is 0 Å². The number of likely N-dealkylation sites (tertiary alicyclic amines) is 1. The van der Waals surface area contributed by atoms with Crippen LogP contribution in [0.5, 0.6) is 0 Å². The number of nitrogens with one attached hydrogen (secondary N) is 1. The summed E-state index contributed by atoms with van der Waals surface area (Å²) in [4.78, 5) is 2.59. The molecule has 0 spiro atoms. The zero-order chi connectivity index (χ0) is 13.8. The standard InChI is InChI=1S/C15H28N4/c1-5-14-15(11-18(4)17-14)16-13-7-6-9-19(10-8-13)12(2)3/h11-13,16H,5-10H2,1-4H3. The van der Waals surface area contributed by atoms with Crippen molar-refractivity contribution in [3.05, 3.63) is 11.9 Å². The number of hydrogen-bond donors (Lipinski definition) is 1. The molecule has 1 fully saturated rings. The van der Waals surface area contributed by atoms with E-state index in [1.807, 2.05) is 11.7 Å². The van der Waals surface area contributed by atoms with Gasteiger partial charge in [-0.15, -0.1) is 0 Å². The van der Waals surface area contributed by atoms with E-state index in [-0.39, 0.29) is 0 Å². The normalized spacial score (nSPS) is 21.6. The van der Waals surface area contributed by atoms with Crippen LogP contribution in [0.25, 0.3) is 0 Å². The molecule has 1 aromatic heterocycles. The molecule has 19 heavy (non-hydrogen) atoms. The zero-order valence-electron chi connectivity index (χ0n) is 12.8. The fraction of sp³-hybridized carbons (Fsp3) is 0.800. The van der Waals surface area contributed by atoms with E-state index in [1.165, 1.54) is 43.7 Å². The Morgan fingerprint density at radius 1 is 1.37 bits per heavy atom. The molecular weight excluding hydrogens is 236 g/mol. The molecule has 1 aliphatic rings. The first kappa shape index (κ1) is 14.4. The average Bonchev–Trinajstić information content (AvgIpc) is 2.58. The van der Waals surface area contributed by atoms with Crippen LogP contribution >= 0.6 is 0 Å². The Bertz CT molecular complexity index is 397. The van der Waals surface area contributed by atoms with Gasteiger partial charge in [0.2, 0.25) is 0 Å². The van der Waals surface area contributed by atoms with E-state index < -0.39 is 0 Å². The maximum Gasteiger partial charge on any atom is 0.0853 e. The van der Waals surface area contributed by atoms with E-state index in [1.54, 1.807) is 0 Å². The number of aromatic nitrogens is 2. The van der Waals surface area contributed by atoms with Crippen LogP contribution < -0.4 is 5.32 Å². The van der Waals surface area contributed by atoms with Crippen molar-refractivity contribution in [1.29, 1.82) is 0 Å². The van der Waals surface area contributed by atoms with Gasteiger partial charge < -0.3 is 10.2 Å². The van der Waals surface area contributed by atoms with E-state index in [0.29, 0.717) is 12.1 Å². The molecule has 0 radical (unpaired) electrons. The number of aryl methyl sites for hydroxylation is 2. The highest BCUT2D eigenvalue weighted by Gasteiger charge is 2.19. The first-order valence-electron chi connectivity index (χ1n) is 7.63. The Morgan fingerprint density at radius 2 is 2.16 bits per heavy atom. The molecule has 1 aliphatic heterocycles. The van der Waals surface area contributed by atoms with Gasteiger partial charge in [-0.3, -0.25) is 4.68 Å². The summed E-state index contributed by atoms with van der Waals surface area (Å²) >= 11 is 0. The second kappa shape index (κ2) is 6.42. The van der Waals surface area contributed by atoms with Crippen LogP contribution in [0.15, 0.2) is 6.20 Å². The van der Waals surface area contributed by atoms with E-state index in [4.69, 9.17) is 0 Å². The van der Waals surface area contributed by atoms with Crippen LogP contribution in [0.2, 0.25) is 0 Å². The van der Waals surface area contributed by atoms with Gasteiger partial charge in [-0.2, -0.15) is 5.10 Å². The molecule has 4 heteroatoms. The second-order valence-corrected chi connectivity index (χ2v) is 5.92. The van der Waals surface area contributed by atoms with Gasteiger partial charge in [-0.25, -0.2) is 0 Å². The topological polar surface area (TPSA) is 33.1 Å². The van der Waals surface area contributed by atoms with E-state index >= 15 is 0 Å². The van der Waals surface area contributed by atoms with Crippen molar-refractivity contribution >= 4 is 5.69 Å². The van der Waals surface area contributed by atoms with Crippen molar-refractivity contribution in [3.8, 4) is 0 Å². The molecule has 0 aromatic carbocycles. The minimum atomic E-state index is 0.596. The molecule has 4 nitrogen and oxygen atoms in total. The minimum Gasteiger partial charge on any atom is -0.379 e. The summed E-state index contributed by atoms with van der Waals surface area (Å²) in [5.74, 6) is 0. The smallest absolute Gasteiger partial charge is 0.0853 e. The van der Waals surface area contributed by atoms with Gasteiger partial charge in [0.25, 0.3) is 0 Å². The largest absolute Gasteiger partial charge is 0.379 e. The molecule has 0 bridgehead atoms. The van der Waals surface area contributed by atoms with Gasteiger partial charge in [-0.1, -0.05) is 6.92 Å². The lowest BCUT2D eigenvalue weighted by Gasteiger charge is -2.24. The summed E-state index contributed by atoms with van der Waals surface area (Å²) in [5, 5.41) is 8.22. The molecule has 0 amide bonds. The van der Waals surface area contributed by atoms with Gasteiger partial charge in [0.1, 0.15) is 0 Å². The molecule has 1 N–H and O–H groups in total. The maximum absolute atomic E-state index is 4.50. The number of nitrogens with zero attached hydrogens (tertiary/aromatic N) is 3. The van der Waals surface area contributed by atoms with Crippen LogP contribution in [0, 0.1) is 0 Å². The molecule has 1 saturated heterocycles. The highest BCUT2D eigenvalue weighted by molar-refractivity contribution is 5.47. The minimum absolute atomic E-state index is 0.596. The number of anilines is 1. The second-order valence-electron chi connectivity index (χ2n) is 5.92. The summed E-state index contributed by atoms with van der Waals surface area (Å²) in [5.41, 5.74) is 2.42. The van der Waals surface area contributed by atoms with Crippen molar-refractivity contribution in [3.63, 3.8) is 0 Å². The molecule has 0 saturated carbocycles. The summed E-state index contributed by atoms with van der Waals surface area (Å²) in [7, 11) is 2.00. The third kappa shape index (κ3) is 3.72. The van der Waals surface area contributed by atoms with Crippen LogP contribution in [-0.4, -0.2) is 39.9 Å². The molecule has 108 valence electrons. The summed E-state index contributed by atoms with van der Waals surface area (Å²) in [6.45, 7) is 9.20. The Labute approximate surface area is 117 Å². The van der Waals surface area contributed by atoms with Crippen molar-refractivity contribution in [1.82, 2.24) is 14.7 Å². The zero-order valence-corrected chi connectivity index (χ0v) is 12.8. The molecular formula is C15H28N4. The molecule has 2 heterocycles. The third-order valence-corrected chi connectivity index (χ3v) is 4.09. The molecule has 1 aromatic rings. The number of hydrogen-bond acceptors (Lipinski definition) is 3. The van der Waals surface area contributed by atoms with Crippen LogP contribution in [0.3, 0.4) is 0 Å². The van der Waals surface area contributed by atoms with Gasteiger partial charge in [0, 0.05) is 31.9 Å². The summed E-state index contributed by atoms with van der Waals surface area (Å²) in [6, 6.07) is 1.27. The summed E-state index contributed by atoms with van der Waals surface area (Å²) < 4.78 is 1.91. The lowest BCUT2D eigenvalue weighted by atomic mass is 10.1. The predicted octanol–water partition coefficient (Wildman–Crippen LogP) is 2.66. The highest BCUT2D eigenvalue weighted by Crippen LogP contribution is 2.20. The van der Waals surface area contributed by atoms with Gasteiger partial charge in [-0.05, 0) is 46.1 Å². The lowest BCUT2D eigenvalue weighted by Crippen LogP contribution is -2.32. The van der Waals surface area contributed by atoms with Crippen LogP contribution in [0.4, 0.5) is 5.69 Å². The van der Waals surface area contributed by atoms with E-state index in [9.17, 15) is 0 Å². The molecule has 1 atom stereocenters. The van der Waals surface area contributed by atoms with Crippen LogP contribution in [0.1, 0.15) is 45.7 Å². The fourth-order valence-electron chi connectivity index (χ4n) is 2.92. The maximum atomic E-state index is 4.50. The summed E-state index contributed by atoms with van der Waals surface area (Å²) in [6.07, 6.45) is 6.90. The van der Waals surface area contributed by atoms with Crippen molar-refractivity contribution in [2.45, 2.75) is 58.5 Å². The monoisotopic (exact) mass is 264 g/mol. The Kier molecular flexibility index (Phi) is 4.86. The van der Waals surface area contributed by atoms with Gasteiger partial charge >= 0.3 is 0 Å². The Morgan fingerprint density at radius 3 is 2.84 bits per heavy atom. The van der Waals surface area contributed by atoms with Gasteiger partial charge in [0.15, 0.2) is 0 Å². The number of rotatable bonds is 4. The Balaban J connectivity index is 1.95. The first-order valence-corrected chi connectivity index (χ1v) is 7.63. The lowest BCUT2D eigenvalue weighted by molar-refractivity contribution is 0.230. The third-order valence-electron chi connectivity index (χ3n) is 4.09. The van der Waals surface area contributed by atoms with Crippen LogP contribution in [-0.2, 0) is 13.5 Å². The van der Waals surface area contributed by atoms with Gasteiger partial charge in [0.05, 0.1) is 11.4 Å². The molecule has 2 rings (SSSR count). The van der Waals surface area contributed by atoms with Crippen molar-refractivity contribution in [2.75, 3.05) is 18.4 Å². The molecule has 1 unspecified atom stereocenters. The molecule has 0 aliphatic carbocycles. The van der Waals surface area contributed by atoms with E-state index in [0.717, 1.165) is 6.42 Å². The SMILES string of the molecule is CCc1nn(C)cc1NC1CCCN(C(C)C)CC1. The Hall–Kier alpha value is -1.03.